The fourth-order valence-corrected chi connectivity index (χ4v) is 1.93. The summed E-state index contributed by atoms with van der Waals surface area (Å²) in [5.74, 6) is -0.354. The molecule has 0 spiro atoms. The number of hydrogen-bond donors (Lipinski definition) is 2. The van der Waals surface area contributed by atoms with Crippen molar-refractivity contribution in [3.63, 3.8) is 0 Å². The number of esters is 1. The van der Waals surface area contributed by atoms with E-state index in [0.717, 1.165) is 0 Å². The molecule has 4 nitrogen and oxygen atoms in total. The summed E-state index contributed by atoms with van der Waals surface area (Å²) in [6, 6.07) is 0. The SMILES string of the molecule is CC(C)(C)OC(=O)[C@H]1C[C@H](CN)[C@H](O)C1.Cl. The number of rotatable bonds is 2. The third-order valence-electron chi connectivity index (χ3n) is 2.70. The van der Waals surface area contributed by atoms with Gasteiger partial charge in [0, 0.05) is 0 Å². The van der Waals surface area contributed by atoms with Crippen LogP contribution in [0.15, 0.2) is 0 Å². The molecule has 5 heteroatoms. The molecule has 0 bridgehead atoms. The zero-order chi connectivity index (χ0) is 11.6. The second-order valence-corrected chi connectivity index (χ2v) is 5.26. The smallest absolute Gasteiger partial charge is 0.309 e. The lowest BCUT2D eigenvalue weighted by molar-refractivity contribution is -0.160. The van der Waals surface area contributed by atoms with Gasteiger partial charge in [-0.25, -0.2) is 0 Å². The van der Waals surface area contributed by atoms with Crippen LogP contribution in [0.5, 0.6) is 0 Å². The van der Waals surface area contributed by atoms with Gasteiger partial charge in [-0.15, -0.1) is 12.4 Å². The summed E-state index contributed by atoms with van der Waals surface area (Å²) < 4.78 is 5.27. The average Bonchev–Trinajstić information content (AvgIpc) is 2.43. The van der Waals surface area contributed by atoms with E-state index in [9.17, 15) is 9.90 Å². The van der Waals surface area contributed by atoms with Crippen LogP contribution in [0.4, 0.5) is 0 Å². The van der Waals surface area contributed by atoms with Gasteiger partial charge in [0.1, 0.15) is 5.60 Å². The summed E-state index contributed by atoms with van der Waals surface area (Å²) in [6.07, 6.45) is 0.677. The predicted molar refractivity (Wildman–Crippen MR) is 64.4 cm³/mol. The standard InChI is InChI=1S/C11H21NO3.ClH/c1-11(2,3)15-10(14)7-4-8(6-12)9(13)5-7;/h7-9,13H,4-6,12H2,1-3H3;1H/t7-,8+,9+;/m0./s1. The molecule has 1 saturated carbocycles. The molecule has 1 aliphatic carbocycles. The Labute approximate surface area is 103 Å². The lowest BCUT2D eigenvalue weighted by atomic mass is 10.0. The molecule has 3 N–H and O–H groups in total. The summed E-state index contributed by atoms with van der Waals surface area (Å²) in [5.41, 5.74) is 5.05. The van der Waals surface area contributed by atoms with Crippen LogP contribution in [0.1, 0.15) is 33.6 Å². The highest BCUT2D eigenvalue weighted by Crippen LogP contribution is 2.32. The van der Waals surface area contributed by atoms with Crippen LogP contribution in [0.25, 0.3) is 0 Å². The molecule has 0 heterocycles. The third kappa shape index (κ3) is 4.28. The molecule has 0 unspecified atom stereocenters. The first-order chi connectivity index (χ1) is 6.83. The first-order valence-corrected chi connectivity index (χ1v) is 5.44. The second kappa shape index (κ2) is 5.84. The number of nitrogens with two attached hydrogens (primary N) is 1. The van der Waals surface area contributed by atoms with Crippen molar-refractivity contribution in [2.75, 3.05) is 6.54 Å². The molecule has 0 aliphatic heterocycles. The van der Waals surface area contributed by atoms with Crippen molar-refractivity contribution in [1.29, 1.82) is 0 Å². The van der Waals surface area contributed by atoms with E-state index in [1.165, 1.54) is 0 Å². The fraction of sp³-hybridized carbons (Fsp3) is 0.909. The van der Waals surface area contributed by atoms with E-state index in [0.29, 0.717) is 19.4 Å². The maximum Gasteiger partial charge on any atom is 0.309 e. The van der Waals surface area contributed by atoms with E-state index >= 15 is 0 Å². The zero-order valence-electron chi connectivity index (χ0n) is 10.1. The van der Waals surface area contributed by atoms with Crippen molar-refractivity contribution in [1.82, 2.24) is 0 Å². The highest BCUT2D eigenvalue weighted by Gasteiger charge is 2.38. The molecular weight excluding hydrogens is 230 g/mol. The average molecular weight is 252 g/mol. The van der Waals surface area contributed by atoms with Gasteiger partial charge in [0.2, 0.25) is 0 Å². The topological polar surface area (TPSA) is 72.5 Å². The van der Waals surface area contributed by atoms with Crippen molar-refractivity contribution >= 4 is 18.4 Å². The van der Waals surface area contributed by atoms with Crippen LogP contribution < -0.4 is 5.73 Å². The number of aliphatic hydroxyl groups excluding tert-OH is 1. The Morgan fingerprint density at radius 3 is 2.38 bits per heavy atom. The number of aliphatic hydroxyl groups is 1. The monoisotopic (exact) mass is 251 g/mol. The van der Waals surface area contributed by atoms with Crippen LogP contribution in [0.3, 0.4) is 0 Å². The van der Waals surface area contributed by atoms with Crippen molar-refractivity contribution in [3.05, 3.63) is 0 Å². The Hall–Kier alpha value is -0.320. The highest BCUT2D eigenvalue weighted by molar-refractivity contribution is 5.85. The van der Waals surface area contributed by atoms with E-state index in [2.05, 4.69) is 0 Å². The Bertz CT molecular complexity index is 240. The molecule has 0 aromatic rings. The first-order valence-electron chi connectivity index (χ1n) is 5.44. The molecule has 0 aromatic carbocycles. The largest absolute Gasteiger partial charge is 0.460 e. The lowest BCUT2D eigenvalue weighted by Crippen LogP contribution is -2.28. The summed E-state index contributed by atoms with van der Waals surface area (Å²) in [7, 11) is 0. The van der Waals surface area contributed by atoms with Crippen LogP contribution >= 0.6 is 12.4 Å². The van der Waals surface area contributed by atoms with E-state index in [-0.39, 0.29) is 30.2 Å². The molecule has 1 aliphatic rings. The van der Waals surface area contributed by atoms with Gasteiger partial charge in [-0.2, -0.15) is 0 Å². The molecule has 1 rings (SSSR count). The van der Waals surface area contributed by atoms with Crippen molar-refractivity contribution in [2.45, 2.75) is 45.3 Å². The molecule has 16 heavy (non-hydrogen) atoms. The van der Waals surface area contributed by atoms with Gasteiger partial charge in [0.05, 0.1) is 12.0 Å². The summed E-state index contributed by atoms with van der Waals surface area (Å²) in [5, 5.41) is 9.62. The number of carbonyl (C=O) groups excluding carboxylic acids is 1. The maximum atomic E-state index is 11.7. The predicted octanol–water partition coefficient (Wildman–Crippen LogP) is 1.10. The van der Waals surface area contributed by atoms with Gasteiger partial charge in [-0.1, -0.05) is 0 Å². The van der Waals surface area contributed by atoms with Gasteiger partial charge in [-0.05, 0) is 46.1 Å². The lowest BCUT2D eigenvalue weighted by Gasteiger charge is -2.21. The second-order valence-electron chi connectivity index (χ2n) is 5.26. The molecule has 0 amide bonds. The highest BCUT2D eigenvalue weighted by atomic mass is 35.5. The van der Waals surface area contributed by atoms with Crippen molar-refractivity contribution < 1.29 is 14.6 Å². The van der Waals surface area contributed by atoms with Crippen LogP contribution in [0, 0.1) is 11.8 Å². The van der Waals surface area contributed by atoms with Crippen LogP contribution in [-0.4, -0.2) is 29.3 Å². The minimum atomic E-state index is -0.456. The molecule has 0 radical (unpaired) electrons. The van der Waals surface area contributed by atoms with Crippen LogP contribution in [-0.2, 0) is 9.53 Å². The molecule has 96 valence electrons. The zero-order valence-corrected chi connectivity index (χ0v) is 10.9. The summed E-state index contributed by atoms with van der Waals surface area (Å²) in [6.45, 7) is 5.96. The normalized spacial score (nSPS) is 29.7. The minimum Gasteiger partial charge on any atom is -0.460 e. The molecule has 0 aromatic heterocycles. The number of hydrogen-bond acceptors (Lipinski definition) is 4. The first kappa shape index (κ1) is 15.7. The number of halogens is 1. The molecule has 0 saturated heterocycles. The third-order valence-corrected chi connectivity index (χ3v) is 2.70. The quantitative estimate of drug-likeness (QED) is 0.721. The van der Waals surface area contributed by atoms with Gasteiger partial charge in [-0.3, -0.25) is 4.79 Å². The van der Waals surface area contributed by atoms with Crippen LogP contribution in [0.2, 0.25) is 0 Å². The Morgan fingerprint density at radius 2 is 2.00 bits per heavy atom. The fourth-order valence-electron chi connectivity index (χ4n) is 1.93. The molecular formula is C11H22ClNO3. The van der Waals surface area contributed by atoms with Gasteiger partial charge in [0.15, 0.2) is 0 Å². The summed E-state index contributed by atoms with van der Waals surface area (Å²) in [4.78, 5) is 11.7. The van der Waals surface area contributed by atoms with Gasteiger partial charge >= 0.3 is 5.97 Å². The molecule has 3 atom stereocenters. The Kier molecular flexibility index (Phi) is 5.73. The van der Waals surface area contributed by atoms with E-state index in [4.69, 9.17) is 10.5 Å². The van der Waals surface area contributed by atoms with Crippen molar-refractivity contribution in [2.24, 2.45) is 17.6 Å². The number of ether oxygens (including phenoxy) is 1. The molecule has 1 fully saturated rings. The van der Waals surface area contributed by atoms with Crippen molar-refractivity contribution in [3.8, 4) is 0 Å². The Morgan fingerprint density at radius 1 is 1.44 bits per heavy atom. The maximum absolute atomic E-state index is 11.7. The van der Waals surface area contributed by atoms with Gasteiger partial charge in [0.25, 0.3) is 0 Å². The minimum absolute atomic E-state index is 0. The van der Waals surface area contributed by atoms with Gasteiger partial charge < -0.3 is 15.6 Å². The summed E-state index contributed by atoms with van der Waals surface area (Å²) >= 11 is 0. The number of carbonyl (C=O) groups is 1. The van der Waals surface area contributed by atoms with E-state index < -0.39 is 11.7 Å². The van der Waals surface area contributed by atoms with E-state index in [1.54, 1.807) is 0 Å². The van der Waals surface area contributed by atoms with E-state index in [1.807, 2.05) is 20.8 Å². The Balaban J connectivity index is 0.00000225.